The predicted octanol–water partition coefficient (Wildman–Crippen LogP) is 5.08. The number of piperazine rings is 1. The van der Waals surface area contributed by atoms with Gasteiger partial charge in [0.05, 0.1) is 34.4 Å². The third-order valence-electron chi connectivity index (χ3n) is 9.33. The molecule has 0 saturated carbocycles. The summed E-state index contributed by atoms with van der Waals surface area (Å²) < 4.78 is 59.3. The van der Waals surface area contributed by atoms with Gasteiger partial charge in [-0.25, -0.2) is 14.4 Å². The van der Waals surface area contributed by atoms with Crippen molar-refractivity contribution in [3.63, 3.8) is 0 Å². The maximum atomic E-state index is 15.0. The Hall–Kier alpha value is -5.26. The zero-order valence-electron chi connectivity index (χ0n) is 29.3. The van der Waals surface area contributed by atoms with E-state index >= 15 is 0 Å². The Kier molecular flexibility index (Phi) is 10.9. The number of carbonyl (C=O) groups excluding carboxylic acids is 2. The molecule has 0 unspecified atom stereocenters. The van der Waals surface area contributed by atoms with Crippen LogP contribution in [0.25, 0.3) is 11.4 Å². The van der Waals surface area contributed by atoms with Gasteiger partial charge in [0.25, 0.3) is 5.91 Å². The van der Waals surface area contributed by atoms with Crippen LogP contribution in [0.4, 0.5) is 29.2 Å². The maximum Gasteiger partial charge on any atom is 0.416 e. The first-order chi connectivity index (χ1) is 24.9. The van der Waals surface area contributed by atoms with E-state index in [1.807, 2.05) is 16.5 Å². The van der Waals surface area contributed by atoms with Gasteiger partial charge in [-0.1, -0.05) is 30.9 Å². The number of nitrogens with zero attached hydrogens (tertiary/aromatic N) is 5. The molecule has 3 N–H and O–H groups in total. The van der Waals surface area contributed by atoms with E-state index in [0.29, 0.717) is 60.1 Å². The minimum Gasteiger partial charge on any atom is -0.357 e. The molecular weight excluding hydrogens is 676 g/mol. The lowest BCUT2D eigenvalue weighted by Crippen LogP contribution is -2.46. The quantitative estimate of drug-likeness (QED) is 0.164. The molecule has 10 nitrogen and oxygen atoms in total. The summed E-state index contributed by atoms with van der Waals surface area (Å²) in [7, 11) is 3.51. The van der Waals surface area contributed by atoms with Gasteiger partial charge in [-0.2, -0.15) is 13.2 Å². The molecule has 2 amide bonds. The van der Waals surface area contributed by atoms with Crippen LogP contribution in [-0.2, 0) is 37.4 Å². The Morgan fingerprint density at radius 3 is 2.48 bits per heavy atom. The molecule has 0 radical (unpaired) electrons. The Bertz CT molecular complexity index is 2040. The second kappa shape index (κ2) is 15.5. The summed E-state index contributed by atoms with van der Waals surface area (Å²) in [4.78, 5) is 38.7. The van der Waals surface area contributed by atoms with Crippen molar-refractivity contribution in [2.24, 2.45) is 7.05 Å². The molecule has 4 aromatic rings. The first kappa shape index (κ1) is 36.5. The number of fused-ring (bicyclic) bond motifs is 1. The van der Waals surface area contributed by atoms with Crippen LogP contribution in [0.15, 0.2) is 48.7 Å². The summed E-state index contributed by atoms with van der Waals surface area (Å²) >= 11 is 0. The first-order valence-electron chi connectivity index (χ1n) is 17.2. The highest BCUT2D eigenvalue weighted by Gasteiger charge is 2.34. The van der Waals surface area contributed by atoms with E-state index < -0.39 is 23.5 Å². The van der Waals surface area contributed by atoms with Gasteiger partial charge in [0.2, 0.25) is 11.9 Å². The van der Waals surface area contributed by atoms with Crippen LogP contribution >= 0.6 is 0 Å². The minimum absolute atomic E-state index is 0.0127. The molecule has 2 aromatic heterocycles. The van der Waals surface area contributed by atoms with Crippen molar-refractivity contribution in [3.8, 4) is 23.2 Å². The highest BCUT2D eigenvalue weighted by molar-refractivity contribution is 5.98. The van der Waals surface area contributed by atoms with Crippen LogP contribution in [0.3, 0.4) is 0 Å². The van der Waals surface area contributed by atoms with Crippen LogP contribution in [0, 0.1) is 17.7 Å². The molecular formula is C38H40F4N8O2. The molecule has 52 heavy (non-hydrogen) atoms. The molecule has 0 aliphatic carbocycles. The monoisotopic (exact) mass is 716 g/mol. The maximum absolute atomic E-state index is 15.0. The number of amides is 2. The number of carbonyl (C=O) groups is 2. The van der Waals surface area contributed by atoms with Gasteiger partial charge in [0, 0.05) is 77.4 Å². The molecule has 14 heteroatoms. The van der Waals surface area contributed by atoms with Crippen LogP contribution in [0.1, 0.15) is 57.2 Å². The number of alkyl halides is 3. The van der Waals surface area contributed by atoms with E-state index in [4.69, 9.17) is 0 Å². The summed E-state index contributed by atoms with van der Waals surface area (Å²) in [5.74, 6) is 4.76. The van der Waals surface area contributed by atoms with Gasteiger partial charge in [-0.05, 0) is 54.4 Å². The number of halogens is 4. The van der Waals surface area contributed by atoms with Gasteiger partial charge in [0.15, 0.2) is 0 Å². The van der Waals surface area contributed by atoms with E-state index in [-0.39, 0.29) is 35.7 Å². The number of hydrogen-bond donors (Lipinski definition) is 3. The van der Waals surface area contributed by atoms with Crippen molar-refractivity contribution >= 4 is 23.5 Å². The fourth-order valence-electron chi connectivity index (χ4n) is 6.64. The summed E-state index contributed by atoms with van der Waals surface area (Å²) in [5.41, 5.74) is 2.71. The van der Waals surface area contributed by atoms with E-state index in [2.05, 4.69) is 49.6 Å². The van der Waals surface area contributed by atoms with Gasteiger partial charge in [-0.3, -0.25) is 14.5 Å². The van der Waals surface area contributed by atoms with Crippen LogP contribution in [-0.4, -0.2) is 82.5 Å². The molecule has 4 heterocycles. The van der Waals surface area contributed by atoms with Gasteiger partial charge >= 0.3 is 6.18 Å². The van der Waals surface area contributed by atoms with E-state index in [9.17, 15) is 27.2 Å². The lowest BCUT2D eigenvalue weighted by molar-refractivity contribution is -0.138. The fraction of sp³-hybridized carbons (Fsp3) is 0.368. The van der Waals surface area contributed by atoms with Crippen molar-refractivity contribution in [2.45, 2.75) is 38.9 Å². The molecule has 2 aliphatic heterocycles. The summed E-state index contributed by atoms with van der Waals surface area (Å²) in [5, 5.41) is 8.30. The summed E-state index contributed by atoms with van der Waals surface area (Å²) in [6.45, 7) is 6.77. The number of nitrogens with one attached hydrogen (secondary N) is 3. The van der Waals surface area contributed by atoms with Crippen molar-refractivity contribution in [1.82, 2.24) is 29.7 Å². The number of aromatic nitrogens is 3. The normalized spacial score (nSPS) is 15.0. The van der Waals surface area contributed by atoms with Crippen LogP contribution in [0.5, 0.6) is 0 Å². The van der Waals surface area contributed by atoms with E-state index in [0.717, 1.165) is 37.8 Å². The molecule has 2 aromatic carbocycles. The summed E-state index contributed by atoms with van der Waals surface area (Å²) in [6, 6.07) is 9.67. The highest BCUT2D eigenvalue weighted by atomic mass is 19.4. The standard InChI is InChI=1S/C38H40F4N8O2/c1-4-13-49-14-16-50(17-15-49)23-27-8-9-28(20-30(27)38(40,41)42)46-34(51)19-24-5-10-31(39)25(18-24)6-7-26-22-45-37(43-2)47-35(26)33-21-29-32(48(33)3)11-12-44-36(29)52/h5,8-10,18,20-22H,4,11-17,19,23H2,1-3H3,(H,44,52)(H,46,51)(H,43,45,47). The van der Waals surface area contributed by atoms with Gasteiger partial charge in [0.1, 0.15) is 11.5 Å². The SMILES string of the molecule is CCCN1CCN(Cc2ccc(NC(=O)Cc3ccc(F)c(C#Cc4cnc(NC)nc4-c4cc5c(n4C)CCNC5=O)c3)cc2C(F)(F)F)CC1. The van der Waals surface area contributed by atoms with E-state index in [1.165, 1.54) is 36.5 Å². The minimum atomic E-state index is -4.60. The van der Waals surface area contributed by atoms with Gasteiger partial charge in [-0.15, -0.1) is 0 Å². The average Bonchev–Trinajstić information content (AvgIpc) is 3.46. The molecule has 0 spiro atoms. The number of anilines is 2. The number of rotatable bonds is 9. The van der Waals surface area contributed by atoms with Crippen molar-refractivity contribution in [3.05, 3.63) is 93.6 Å². The first-order valence-corrected chi connectivity index (χ1v) is 17.2. The summed E-state index contributed by atoms with van der Waals surface area (Å²) in [6.07, 6.45) is -1.62. The molecule has 2 aliphatic rings. The second-order valence-electron chi connectivity index (χ2n) is 12.9. The Labute approximate surface area is 299 Å². The fourth-order valence-corrected chi connectivity index (χ4v) is 6.64. The second-order valence-corrected chi connectivity index (χ2v) is 12.9. The Balaban J connectivity index is 1.18. The average molecular weight is 717 g/mol. The van der Waals surface area contributed by atoms with Crippen LogP contribution in [0.2, 0.25) is 0 Å². The molecule has 1 saturated heterocycles. The molecule has 0 atom stereocenters. The highest BCUT2D eigenvalue weighted by Crippen LogP contribution is 2.35. The topological polar surface area (TPSA) is 107 Å². The lowest BCUT2D eigenvalue weighted by Gasteiger charge is -2.35. The molecule has 272 valence electrons. The molecule has 6 rings (SSSR count). The molecule has 0 bridgehead atoms. The third kappa shape index (κ3) is 8.27. The van der Waals surface area contributed by atoms with Crippen molar-refractivity contribution < 1.29 is 27.2 Å². The van der Waals surface area contributed by atoms with Gasteiger partial charge < -0.3 is 25.4 Å². The van der Waals surface area contributed by atoms with Crippen molar-refractivity contribution in [1.29, 1.82) is 0 Å². The predicted molar refractivity (Wildman–Crippen MR) is 190 cm³/mol. The number of benzene rings is 2. The van der Waals surface area contributed by atoms with Crippen molar-refractivity contribution in [2.75, 3.05) is 56.9 Å². The zero-order valence-corrected chi connectivity index (χ0v) is 29.3. The van der Waals surface area contributed by atoms with Crippen LogP contribution < -0.4 is 16.0 Å². The zero-order chi connectivity index (χ0) is 37.0. The lowest BCUT2D eigenvalue weighted by atomic mass is 10.0. The smallest absolute Gasteiger partial charge is 0.357 e. The third-order valence-corrected chi connectivity index (χ3v) is 9.33. The van der Waals surface area contributed by atoms with E-state index in [1.54, 1.807) is 13.1 Å². The Morgan fingerprint density at radius 2 is 1.77 bits per heavy atom. The number of hydrogen-bond acceptors (Lipinski definition) is 7. The largest absolute Gasteiger partial charge is 0.416 e. The molecule has 1 fully saturated rings. The Morgan fingerprint density at radius 1 is 1.02 bits per heavy atom.